The van der Waals surface area contributed by atoms with E-state index in [2.05, 4.69) is 15.0 Å². The van der Waals surface area contributed by atoms with Crippen molar-refractivity contribution in [2.75, 3.05) is 5.32 Å². The fraction of sp³-hybridized carbons (Fsp3) is 0.0909. The van der Waals surface area contributed by atoms with Gasteiger partial charge in [0.1, 0.15) is 17.8 Å². The molecule has 5 nitrogen and oxygen atoms in total. The molecule has 2 N–H and O–H groups in total. The van der Waals surface area contributed by atoms with E-state index in [9.17, 15) is 9.18 Å². The first kappa shape index (κ1) is 11.1. The number of carbonyl (C=O) groups is 1. The molecule has 0 fully saturated rings. The number of para-hydroxylation sites is 1. The maximum absolute atomic E-state index is 13.5. The molecule has 88 valence electrons. The van der Waals surface area contributed by atoms with Gasteiger partial charge in [-0.3, -0.25) is 0 Å². The third kappa shape index (κ3) is 2.41. The quantitative estimate of drug-likeness (QED) is 0.850. The van der Waals surface area contributed by atoms with Crippen molar-refractivity contribution >= 4 is 11.7 Å². The normalized spacial score (nSPS) is 10.2. The Balaban J connectivity index is 2.22. The Labute approximate surface area is 95.9 Å². The molecule has 0 bridgehead atoms. The van der Waals surface area contributed by atoms with Crippen molar-refractivity contribution < 1.29 is 18.8 Å². The van der Waals surface area contributed by atoms with Crippen LogP contribution in [-0.4, -0.2) is 16.2 Å². The van der Waals surface area contributed by atoms with Crippen LogP contribution in [0, 0.1) is 5.82 Å². The van der Waals surface area contributed by atoms with Crippen LogP contribution in [0.1, 0.15) is 16.1 Å². The van der Waals surface area contributed by atoms with Crippen LogP contribution in [0.3, 0.4) is 0 Å². The number of rotatable bonds is 4. The molecule has 0 spiro atoms. The minimum absolute atomic E-state index is 0.0528. The third-order valence-electron chi connectivity index (χ3n) is 2.18. The van der Waals surface area contributed by atoms with Crippen molar-refractivity contribution in [3.63, 3.8) is 0 Å². The summed E-state index contributed by atoms with van der Waals surface area (Å²) in [5.74, 6) is -1.81. The van der Waals surface area contributed by atoms with Gasteiger partial charge in [-0.05, 0) is 12.1 Å². The summed E-state index contributed by atoms with van der Waals surface area (Å²) >= 11 is 0. The van der Waals surface area contributed by atoms with E-state index in [0.717, 1.165) is 0 Å². The molecule has 2 rings (SSSR count). The topological polar surface area (TPSA) is 75.4 Å². The molecule has 0 aliphatic rings. The second kappa shape index (κ2) is 4.65. The summed E-state index contributed by atoms with van der Waals surface area (Å²) < 4.78 is 18.1. The summed E-state index contributed by atoms with van der Waals surface area (Å²) in [5, 5.41) is 15.2. The smallest absolute Gasteiger partial charge is 0.337 e. The highest BCUT2D eigenvalue weighted by Gasteiger charge is 2.13. The lowest BCUT2D eigenvalue weighted by Gasteiger charge is -2.08. The van der Waals surface area contributed by atoms with E-state index < -0.39 is 11.8 Å². The second-order valence-electron chi connectivity index (χ2n) is 3.31. The summed E-state index contributed by atoms with van der Waals surface area (Å²) in [5.41, 5.74) is 0.390. The second-order valence-corrected chi connectivity index (χ2v) is 3.31. The van der Waals surface area contributed by atoms with E-state index in [1.165, 1.54) is 24.5 Å². The van der Waals surface area contributed by atoms with Crippen LogP contribution in [0.5, 0.6) is 0 Å². The highest BCUT2D eigenvalue weighted by atomic mass is 19.1. The average molecular weight is 236 g/mol. The number of nitrogens with one attached hydrogen (secondary N) is 1. The van der Waals surface area contributed by atoms with Crippen molar-refractivity contribution in [1.82, 2.24) is 5.16 Å². The molecule has 0 saturated heterocycles. The van der Waals surface area contributed by atoms with E-state index in [4.69, 9.17) is 5.11 Å². The molecule has 0 radical (unpaired) electrons. The molecule has 0 unspecified atom stereocenters. The minimum Gasteiger partial charge on any atom is -0.478 e. The number of hydrogen-bond acceptors (Lipinski definition) is 4. The molecule has 0 aliphatic heterocycles. The monoisotopic (exact) mass is 236 g/mol. The van der Waals surface area contributed by atoms with Gasteiger partial charge in [-0.2, -0.15) is 0 Å². The predicted molar refractivity (Wildman–Crippen MR) is 57.2 cm³/mol. The Bertz CT molecular complexity index is 526. The molecule has 1 aromatic carbocycles. The summed E-state index contributed by atoms with van der Waals surface area (Å²) in [6.45, 7) is 0.192. The first-order valence-electron chi connectivity index (χ1n) is 4.83. The van der Waals surface area contributed by atoms with Crippen molar-refractivity contribution in [2.24, 2.45) is 0 Å². The fourth-order valence-corrected chi connectivity index (χ4v) is 1.39. The Morgan fingerprint density at radius 3 is 2.94 bits per heavy atom. The van der Waals surface area contributed by atoms with Crippen LogP contribution in [0.4, 0.5) is 10.1 Å². The Kier molecular flexibility index (Phi) is 3.04. The molecule has 0 amide bonds. The Hall–Kier alpha value is -2.37. The maximum atomic E-state index is 13.5. The van der Waals surface area contributed by atoms with E-state index in [0.29, 0.717) is 5.69 Å². The third-order valence-corrected chi connectivity index (χ3v) is 2.18. The predicted octanol–water partition coefficient (Wildman–Crippen LogP) is 2.12. The molecule has 1 aromatic heterocycles. The zero-order valence-electron chi connectivity index (χ0n) is 8.68. The number of carboxylic acid groups (broad SMARTS) is 1. The van der Waals surface area contributed by atoms with Crippen LogP contribution in [0.25, 0.3) is 0 Å². The molecule has 0 aliphatic carbocycles. The fourth-order valence-electron chi connectivity index (χ4n) is 1.39. The molecule has 2 aromatic rings. The van der Waals surface area contributed by atoms with Gasteiger partial charge >= 0.3 is 5.97 Å². The molecule has 0 saturated carbocycles. The minimum atomic E-state index is -1.19. The van der Waals surface area contributed by atoms with Gasteiger partial charge in [-0.25, -0.2) is 9.18 Å². The Morgan fingerprint density at radius 2 is 2.29 bits per heavy atom. The summed E-state index contributed by atoms with van der Waals surface area (Å²) in [6, 6.07) is 5.47. The highest BCUT2D eigenvalue weighted by molar-refractivity contribution is 5.94. The van der Waals surface area contributed by atoms with Gasteiger partial charge in [0, 0.05) is 6.07 Å². The lowest BCUT2D eigenvalue weighted by atomic mass is 10.1. The van der Waals surface area contributed by atoms with Gasteiger partial charge in [-0.1, -0.05) is 11.2 Å². The lowest BCUT2D eigenvalue weighted by Crippen LogP contribution is -2.08. The molecule has 1 heterocycles. The van der Waals surface area contributed by atoms with E-state index in [-0.39, 0.29) is 17.8 Å². The van der Waals surface area contributed by atoms with Crippen LogP contribution in [-0.2, 0) is 6.54 Å². The number of benzene rings is 1. The standard InChI is InChI=1S/C11H9FN2O3/c12-9-3-1-2-8(11(15)16)10(9)13-6-7-4-5-17-14-7/h1-5,13H,6H2,(H,15,16). The lowest BCUT2D eigenvalue weighted by molar-refractivity contribution is 0.0697. The summed E-state index contributed by atoms with van der Waals surface area (Å²) in [7, 11) is 0. The maximum Gasteiger partial charge on any atom is 0.337 e. The van der Waals surface area contributed by atoms with Gasteiger partial charge in [0.05, 0.1) is 17.8 Å². The molecule has 6 heteroatoms. The molecule has 17 heavy (non-hydrogen) atoms. The first-order chi connectivity index (χ1) is 8.18. The molecular weight excluding hydrogens is 227 g/mol. The number of halogens is 1. The van der Waals surface area contributed by atoms with Crippen LogP contribution >= 0.6 is 0 Å². The zero-order chi connectivity index (χ0) is 12.3. The van der Waals surface area contributed by atoms with E-state index in [1.54, 1.807) is 6.07 Å². The van der Waals surface area contributed by atoms with Gasteiger partial charge in [-0.15, -0.1) is 0 Å². The molecule has 0 atom stereocenters. The summed E-state index contributed by atoms with van der Waals surface area (Å²) in [6.07, 6.45) is 1.39. The number of aromatic nitrogens is 1. The van der Waals surface area contributed by atoms with Crippen molar-refractivity contribution in [1.29, 1.82) is 0 Å². The van der Waals surface area contributed by atoms with Crippen molar-refractivity contribution in [2.45, 2.75) is 6.54 Å². The van der Waals surface area contributed by atoms with Crippen LogP contribution in [0.2, 0.25) is 0 Å². The van der Waals surface area contributed by atoms with Gasteiger partial charge in [0.15, 0.2) is 0 Å². The largest absolute Gasteiger partial charge is 0.478 e. The number of nitrogens with zero attached hydrogens (tertiary/aromatic N) is 1. The van der Waals surface area contributed by atoms with Gasteiger partial charge < -0.3 is 14.9 Å². The number of aromatic carboxylic acids is 1. The SMILES string of the molecule is O=C(O)c1cccc(F)c1NCc1ccon1. The van der Waals surface area contributed by atoms with Crippen molar-refractivity contribution in [3.8, 4) is 0 Å². The van der Waals surface area contributed by atoms with E-state index >= 15 is 0 Å². The molecular formula is C11H9FN2O3. The van der Waals surface area contributed by atoms with Gasteiger partial charge in [0.25, 0.3) is 0 Å². The first-order valence-corrected chi connectivity index (χ1v) is 4.83. The average Bonchev–Trinajstić information content (AvgIpc) is 2.80. The highest BCUT2D eigenvalue weighted by Crippen LogP contribution is 2.20. The van der Waals surface area contributed by atoms with E-state index in [1.807, 2.05) is 0 Å². The number of carboxylic acids is 1. The van der Waals surface area contributed by atoms with Gasteiger partial charge in [0.2, 0.25) is 0 Å². The summed E-state index contributed by atoms with van der Waals surface area (Å²) in [4.78, 5) is 10.9. The number of hydrogen-bond donors (Lipinski definition) is 2. The van der Waals surface area contributed by atoms with Crippen molar-refractivity contribution in [3.05, 3.63) is 47.6 Å². The number of anilines is 1. The van der Waals surface area contributed by atoms with Crippen LogP contribution in [0.15, 0.2) is 35.1 Å². The zero-order valence-corrected chi connectivity index (χ0v) is 8.68. The van der Waals surface area contributed by atoms with Crippen LogP contribution < -0.4 is 5.32 Å². The Morgan fingerprint density at radius 1 is 1.47 bits per heavy atom.